The number of thioether (sulfide) groups is 1. The number of nitrogens with one attached hydrogen (secondary N) is 1. The lowest BCUT2D eigenvalue weighted by Crippen LogP contribution is -2.14. The summed E-state index contributed by atoms with van der Waals surface area (Å²) in [4.78, 5) is 23.3. The molecule has 7 heteroatoms. The van der Waals surface area contributed by atoms with Crippen LogP contribution in [0.4, 0.5) is 10.1 Å². The summed E-state index contributed by atoms with van der Waals surface area (Å²) in [6.07, 6.45) is 0. The van der Waals surface area contributed by atoms with Crippen LogP contribution in [0, 0.1) is 26.6 Å². The van der Waals surface area contributed by atoms with E-state index in [1.54, 1.807) is 11.3 Å². The number of anilines is 1. The van der Waals surface area contributed by atoms with E-state index in [4.69, 9.17) is 0 Å². The van der Waals surface area contributed by atoms with Crippen LogP contribution in [-0.4, -0.2) is 21.6 Å². The van der Waals surface area contributed by atoms with Gasteiger partial charge in [-0.05, 0) is 50.6 Å². The molecule has 2 aromatic heterocycles. The van der Waals surface area contributed by atoms with E-state index >= 15 is 0 Å². The maximum absolute atomic E-state index is 12.9. The van der Waals surface area contributed by atoms with Crippen molar-refractivity contribution in [2.45, 2.75) is 25.8 Å². The molecule has 3 rings (SSSR count). The van der Waals surface area contributed by atoms with E-state index in [0.29, 0.717) is 11.5 Å². The summed E-state index contributed by atoms with van der Waals surface area (Å²) < 4.78 is 12.9. The first-order valence-electron chi connectivity index (χ1n) is 7.36. The van der Waals surface area contributed by atoms with Gasteiger partial charge in [0.1, 0.15) is 21.5 Å². The predicted octanol–water partition coefficient (Wildman–Crippen LogP) is 4.49. The number of hydrogen-bond donors (Lipinski definition) is 1. The maximum Gasteiger partial charge on any atom is 0.234 e. The number of amides is 1. The summed E-state index contributed by atoms with van der Waals surface area (Å²) in [6.45, 7) is 5.97. The van der Waals surface area contributed by atoms with E-state index in [-0.39, 0.29) is 17.5 Å². The van der Waals surface area contributed by atoms with Crippen molar-refractivity contribution >= 4 is 44.9 Å². The Morgan fingerprint density at radius 2 is 1.92 bits per heavy atom. The lowest BCUT2D eigenvalue weighted by Gasteiger charge is -2.06. The van der Waals surface area contributed by atoms with Crippen molar-refractivity contribution in [3.63, 3.8) is 0 Å². The molecule has 24 heavy (non-hydrogen) atoms. The zero-order valence-corrected chi connectivity index (χ0v) is 15.1. The second-order valence-electron chi connectivity index (χ2n) is 5.38. The molecule has 1 N–H and O–H groups in total. The molecule has 0 bridgehead atoms. The van der Waals surface area contributed by atoms with Gasteiger partial charge in [-0.3, -0.25) is 4.79 Å². The average Bonchev–Trinajstić information content (AvgIpc) is 2.81. The molecular formula is C17H16FN3OS2. The minimum Gasteiger partial charge on any atom is -0.325 e. The fourth-order valence-electron chi connectivity index (χ4n) is 2.28. The molecule has 0 saturated heterocycles. The summed E-state index contributed by atoms with van der Waals surface area (Å²) in [7, 11) is 0. The number of carbonyl (C=O) groups excluding carboxylic acids is 1. The summed E-state index contributed by atoms with van der Waals surface area (Å²) in [5.74, 6) is 0.451. The first-order valence-corrected chi connectivity index (χ1v) is 9.17. The third-order valence-electron chi connectivity index (χ3n) is 3.58. The largest absolute Gasteiger partial charge is 0.325 e. The Balaban J connectivity index is 1.75. The molecule has 0 atom stereocenters. The highest BCUT2D eigenvalue weighted by Gasteiger charge is 2.15. The number of carbonyl (C=O) groups is 1. The van der Waals surface area contributed by atoms with Crippen LogP contribution in [0.15, 0.2) is 29.3 Å². The van der Waals surface area contributed by atoms with Gasteiger partial charge in [0.2, 0.25) is 5.91 Å². The Labute approximate surface area is 147 Å². The van der Waals surface area contributed by atoms with Gasteiger partial charge in [0.25, 0.3) is 0 Å². The molecule has 1 aromatic carbocycles. The van der Waals surface area contributed by atoms with E-state index in [1.807, 2.05) is 6.92 Å². The van der Waals surface area contributed by atoms with Crippen molar-refractivity contribution in [2.24, 2.45) is 0 Å². The molecule has 2 heterocycles. The van der Waals surface area contributed by atoms with E-state index < -0.39 is 0 Å². The number of hydrogen-bond acceptors (Lipinski definition) is 5. The number of benzene rings is 1. The van der Waals surface area contributed by atoms with Crippen LogP contribution in [0.3, 0.4) is 0 Å². The average molecular weight is 361 g/mol. The van der Waals surface area contributed by atoms with Gasteiger partial charge in [0, 0.05) is 16.0 Å². The molecule has 124 valence electrons. The van der Waals surface area contributed by atoms with Crippen molar-refractivity contribution in [1.29, 1.82) is 0 Å². The quantitative estimate of drug-likeness (QED) is 0.550. The number of fused-ring (bicyclic) bond motifs is 1. The zero-order chi connectivity index (χ0) is 17.3. The SMILES string of the molecule is Cc1nc(SCC(=O)Nc2ccc(F)cc2)c2c(C)c(C)sc2n1. The Morgan fingerprint density at radius 3 is 2.62 bits per heavy atom. The summed E-state index contributed by atoms with van der Waals surface area (Å²) in [5, 5.41) is 4.61. The molecule has 0 unspecified atom stereocenters. The van der Waals surface area contributed by atoms with E-state index in [1.165, 1.54) is 40.9 Å². The molecule has 0 radical (unpaired) electrons. The van der Waals surface area contributed by atoms with Gasteiger partial charge in [-0.1, -0.05) is 11.8 Å². The zero-order valence-electron chi connectivity index (χ0n) is 13.5. The second-order valence-corrected chi connectivity index (χ2v) is 7.55. The van der Waals surface area contributed by atoms with E-state index in [0.717, 1.165) is 20.8 Å². The Hall–Kier alpha value is -1.99. The van der Waals surface area contributed by atoms with Gasteiger partial charge in [-0.2, -0.15) is 0 Å². The maximum atomic E-state index is 12.9. The van der Waals surface area contributed by atoms with Crippen molar-refractivity contribution in [3.8, 4) is 0 Å². The first-order chi connectivity index (χ1) is 11.4. The Kier molecular flexibility index (Phi) is 4.82. The highest BCUT2D eigenvalue weighted by molar-refractivity contribution is 8.00. The van der Waals surface area contributed by atoms with Crippen molar-refractivity contribution < 1.29 is 9.18 Å². The molecule has 0 aliphatic carbocycles. The second kappa shape index (κ2) is 6.86. The number of nitrogens with zero attached hydrogens (tertiary/aromatic N) is 2. The topological polar surface area (TPSA) is 54.9 Å². The summed E-state index contributed by atoms with van der Waals surface area (Å²) in [6, 6.07) is 5.71. The van der Waals surface area contributed by atoms with Crippen molar-refractivity contribution in [1.82, 2.24) is 9.97 Å². The number of halogens is 1. The Bertz CT molecular complexity index is 906. The monoisotopic (exact) mass is 361 g/mol. The van der Waals surface area contributed by atoms with Gasteiger partial charge in [-0.25, -0.2) is 14.4 Å². The van der Waals surface area contributed by atoms with Crippen LogP contribution in [0.5, 0.6) is 0 Å². The molecular weight excluding hydrogens is 345 g/mol. The molecule has 0 saturated carbocycles. The molecule has 0 fully saturated rings. The van der Waals surface area contributed by atoms with Crippen LogP contribution in [0.2, 0.25) is 0 Å². The number of rotatable bonds is 4. The smallest absolute Gasteiger partial charge is 0.234 e. The molecule has 1 amide bonds. The fourth-order valence-corrected chi connectivity index (χ4v) is 4.35. The third-order valence-corrected chi connectivity index (χ3v) is 5.65. The van der Waals surface area contributed by atoms with Crippen LogP contribution >= 0.6 is 23.1 Å². The van der Waals surface area contributed by atoms with Gasteiger partial charge >= 0.3 is 0 Å². The van der Waals surface area contributed by atoms with Gasteiger partial charge in [0.05, 0.1) is 5.75 Å². The lowest BCUT2D eigenvalue weighted by molar-refractivity contribution is -0.113. The highest BCUT2D eigenvalue weighted by Crippen LogP contribution is 2.35. The predicted molar refractivity (Wildman–Crippen MR) is 97.4 cm³/mol. The number of aryl methyl sites for hydroxylation is 3. The van der Waals surface area contributed by atoms with Crippen molar-refractivity contribution in [3.05, 3.63) is 46.3 Å². The lowest BCUT2D eigenvalue weighted by atomic mass is 10.2. The van der Waals surface area contributed by atoms with Gasteiger partial charge in [-0.15, -0.1) is 11.3 Å². The fraction of sp³-hybridized carbons (Fsp3) is 0.235. The Morgan fingerprint density at radius 1 is 1.21 bits per heavy atom. The minimum absolute atomic E-state index is 0.152. The van der Waals surface area contributed by atoms with Gasteiger partial charge in [0.15, 0.2) is 0 Å². The van der Waals surface area contributed by atoms with Crippen LogP contribution in [0.1, 0.15) is 16.3 Å². The van der Waals surface area contributed by atoms with E-state index in [9.17, 15) is 9.18 Å². The third kappa shape index (κ3) is 3.57. The molecule has 3 aromatic rings. The normalized spacial score (nSPS) is 11.0. The number of thiophene rings is 1. The van der Waals surface area contributed by atoms with Crippen LogP contribution in [0.25, 0.3) is 10.2 Å². The first kappa shape index (κ1) is 16.9. The number of aromatic nitrogens is 2. The van der Waals surface area contributed by atoms with E-state index in [2.05, 4.69) is 29.1 Å². The molecule has 0 spiro atoms. The molecule has 0 aliphatic heterocycles. The van der Waals surface area contributed by atoms with Gasteiger partial charge < -0.3 is 5.32 Å². The molecule has 4 nitrogen and oxygen atoms in total. The summed E-state index contributed by atoms with van der Waals surface area (Å²) in [5.41, 5.74) is 1.74. The van der Waals surface area contributed by atoms with Crippen LogP contribution < -0.4 is 5.32 Å². The standard InChI is InChI=1S/C17H16FN3OS2/c1-9-10(2)24-17-15(9)16(19-11(3)20-17)23-8-14(22)21-13-6-4-12(18)5-7-13/h4-7H,8H2,1-3H3,(H,21,22). The highest BCUT2D eigenvalue weighted by atomic mass is 32.2. The van der Waals surface area contributed by atoms with Crippen LogP contribution in [-0.2, 0) is 4.79 Å². The summed E-state index contributed by atoms with van der Waals surface area (Å²) >= 11 is 3.04. The van der Waals surface area contributed by atoms with Crippen molar-refractivity contribution in [2.75, 3.05) is 11.1 Å². The molecule has 0 aliphatic rings. The minimum atomic E-state index is -0.329.